The summed E-state index contributed by atoms with van der Waals surface area (Å²) in [4.78, 5) is 11.4. The van der Waals surface area contributed by atoms with Crippen LogP contribution in [0.25, 0.3) is 0 Å². The first-order chi connectivity index (χ1) is 9.39. The predicted octanol–water partition coefficient (Wildman–Crippen LogP) is 3.67. The van der Waals surface area contributed by atoms with Gasteiger partial charge in [0, 0.05) is 0 Å². The van der Waals surface area contributed by atoms with E-state index in [2.05, 4.69) is 0 Å². The summed E-state index contributed by atoms with van der Waals surface area (Å²) >= 11 is 0. The molecule has 0 heterocycles. The minimum absolute atomic E-state index is 0.614. The van der Waals surface area contributed by atoms with Crippen molar-refractivity contribution >= 4 is 5.97 Å². The van der Waals surface area contributed by atoms with E-state index in [-0.39, 0.29) is 0 Å². The molecule has 1 fully saturated rings. The summed E-state index contributed by atoms with van der Waals surface area (Å²) in [6.07, 6.45) is 6.36. The molecule has 0 spiro atoms. The fourth-order valence-corrected chi connectivity index (χ4v) is 3.25. The molecule has 0 saturated heterocycles. The van der Waals surface area contributed by atoms with Crippen LogP contribution < -0.4 is 0 Å². The summed E-state index contributed by atoms with van der Waals surface area (Å²) in [7, 11) is 0. The molecular formula is C17H24O3. The zero-order chi connectivity index (χ0) is 14.8. The van der Waals surface area contributed by atoms with Crippen molar-refractivity contribution in [2.45, 2.75) is 63.4 Å². The van der Waals surface area contributed by atoms with Gasteiger partial charge >= 0.3 is 5.97 Å². The number of carboxylic acid groups (broad SMARTS) is 1. The molecule has 0 bridgehead atoms. The zero-order valence-electron chi connectivity index (χ0n) is 12.3. The number of hydrogen-bond donors (Lipinski definition) is 2. The van der Waals surface area contributed by atoms with Crippen LogP contribution in [0.4, 0.5) is 0 Å². The predicted molar refractivity (Wildman–Crippen MR) is 78.9 cm³/mol. The fraction of sp³-hybridized carbons (Fsp3) is 0.588. The summed E-state index contributed by atoms with van der Waals surface area (Å²) in [5, 5.41) is 19.4. The van der Waals surface area contributed by atoms with E-state index < -0.39 is 17.5 Å². The topological polar surface area (TPSA) is 57.5 Å². The van der Waals surface area contributed by atoms with Crippen LogP contribution in [0.1, 0.15) is 68.9 Å². The Kier molecular flexibility index (Phi) is 4.48. The van der Waals surface area contributed by atoms with Crippen LogP contribution in [0.3, 0.4) is 0 Å². The van der Waals surface area contributed by atoms with Gasteiger partial charge in [-0.05, 0) is 43.7 Å². The molecule has 1 aliphatic rings. The van der Waals surface area contributed by atoms with E-state index in [1.807, 2.05) is 24.3 Å². The summed E-state index contributed by atoms with van der Waals surface area (Å²) < 4.78 is 0. The molecule has 1 aromatic carbocycles. The molecule has 1 saturated carbocycles. The number of carbonyl (C=O) groups is 1. The van der Waals surface area contributed by atoms with Crippen LogP contribution in [-0.2, 0) is 4.79 Å². The van der Waals surface area contributed by atoms with Crippen molar-refractivity contribution in [2.24, 2.45) is 0 Å². The molecule has 0 radical (unpaired) electrons. The highest BCUT2D eigenvalue weighted by atomic mass is 16.4. The highest BCUT2D eigenvalue weighted by Gasteiger charge is 2.34. The molecule has 0 unspecified atom stereocenters. The van der Waals surface area contributed by atoms with Crippen molar-refractivity contribution in [2.75, 3.05) is 0 Å². The lowest BCUT2D eigenvalue weighted by Crippen LogP contribution is -2.34. The van der Waals surface area contributed by atoms with Gasteiger partial charge in [-0.1, -0.05) is 43.5 Å². The second-order valence-electron chi connectivity index (χ2n) is 6.43. The molecule has 2 rings (SSSR count). The average Bonchev–Trinajstić information content (AvgIpc) is 2.38. The molecule has 3 heteroatoms. The van der Waals surface area contributed by atoms with Crippen LogP contribution >= 0.6 is 0 Å². The van der Waals surface area contributed by atoms with E-state index in [1.165, 1.54) is 37.7 Å². The number of hydrogen-bond acceptors (Lipinski definition) is 2. The van der Waals surface area contributed by atoms with Crippen LogP contribution in [0.15, 0.2) is 24.3 Å². The van der Waals surface area contributed by atoms with Crippen molar-refractivity contribution in [3.63, 3.8) is 0 Å². The molecule has 110 valence electrons. The minimum atomic E-state index is -1.27. The van der Waals surface area contributed by atoms with E-state index >= 15 is 0 Å². The fourth-order valence-electron chi connectivity index (χ4n) is 3.25. The van der Waals surface area contributed by atoms with E-state index in [9.17, 15) is 15.0 Å². The standard InChI is InChI=1S/C17H24O3/c1-17(2,20)15(16(18)19)14-10-8-13(9-11-14)12-6-4-3-5-7-12/h8-12,15,20H,3-7H2,1-2H3,(H,18,19)/t15-/m0/s1. The van der Waals surface area contributed by atoms with Gasteiger partial charge in [0.25, 0.3) is 0 Å². The van der Waals surface area contributed by atoms with E-state index in [4.69, 9.17) is 0 Å². The monoisotopic (exact) mass is 276 g/mol. The van der Waals surface area contributed by atoms with E-state index in [0.29, 0.717) is 11.5 Å². The molecule has 0 aliphatic heterocycles. The van der Waals surface area contributed by atoms with Gasteiger partial charge in [-0.3, -0.25) is 4.79 Å². The van der Waals surface area contributed by atoms with Crippen molar-refractivity contribution in [1.29, 1.82) is 0 Å². The maximum absolute atomic E-state index is 11.4. The lowest BCUT2D eigenvalue weighted by atomic mass is 9.81. The van der Waals surface area contributed by atoms with E-state index in [0.717, 1.165) is 0 Å². The number of rotatable bonds is 4. The van der Waals surface area contributed by atoms with E-state index in [1.54, 1.807) is 13.8 Å². The first kappa shape index (κ1) is 15.0. The Morgan fingerprint density at radius 1 is 1.15 bits per heavy atom. The second-order valence-corrected chi connectivity index (χ2v) is 6.43. The zero-order valence-corrected chi connectivity index (χ0v) is 12.3. The van der Waals surface area contributed by atoms with Gasteiger partial charge in [-0.2, -0.15) is 0 Å². The number of benzene rings is 1. The van der Waals surface area contributed by atoms with Gasteiger partial charge in [0.05, 0.1) is 5.60 Å². The smallest absolute Gasteiger partial charge is 0.313 e. The maximum Gasteiger partial charge on any atom is 0.313 e. The van der Waals surface area contributed by atoms with Crippen molar-refractivity contribution < 1.29 is 15.0 Å². The Bertz CT molecular complexity index is 450. The highest BCUT2D eigenvalue weighted by molar-refractivity contribution is 5.77. The third-order valence-electron chi connectivity index (χ3n) is 4.30. The number of carboxylic acids is 1. The molecule has 1 aliphatic carbocycles. The Balaban J connectivity index is 2.20. The molecule has 0 amide bonds. The quantitative estimate of drug-likeness (QED) is 0.882. The molecule has 3 nitrogen and oxygen atoms in total. The molecule has 20 heavy (non-hydrogen) atoms. The Morgan fingerprint density at radius 2 is 1.70 bits per heavy atom. The van der Waals surface area contributed by atoms with Crippen LogP contribution in [0.5, 0.6) is 0 Å². The van der Waals surface area contributed by atoms with Crippen molar-refractivity contribution in [3.8, 4) is 0 Å². The van der Waals surface area contributed by atoms with Gasteiger partial charge < -0.3 is 10.2 Å². The summed E-state index contributed by atoms with van der Waals surface area (Å²) in [6.45, 7) is 3.08. The van der Waals surface area contributed by atoms with Crippen LogP contribution in [0.2, 0.25) is 0 Å². The third-order valence-corrected chi connectivity index (χ3v) is 4.30. The number of aliphatic hydroxyl groups is 1. The highest BCUT2D eigenvalue weighted by Crippen LogP contribution is 2.34. The normalized spacial score (nSPS) is 18.8. The third kappa shape index (κ3) is 3.40. The van der Waals surface area contributed by atoms with Gasteiger partial charge in [-0.25, -0.2) is 0 Å². The second kappa shape index (κ2) is 5.96. The Labute approximate surface area is 120 Å². The van der Waals surface area contributed by atoms with Crippen molar-refractivity contribution in [1.82, 2.24) is 0 Å². The lowest BCUT2D eigenvalue weighted by Gasteiger charge is -2.27. The molecular weight excluding hydrogens is 252 g/mol. The summed E-state index contributed by atoms with van der Waals surface area (Å²) in [5.74, 6) is -1.26. The molecule has 1 aromatic rings. The van der Waals surface area contributed by atoms with Gasteiger partial charge in [0.15, 0.2) is 0 Å². The van der Waals surface area contributed by atoms with Crippen molar-refractivity contribution in [3.05, 3.63) is 35.4 Å². The minimum Gasteiger partial charge on any atom is -0.481 e. The summed E-state index contributed by atoms with van der Waals surface area (Å²) in [6, 6.07) is 7.79. The first-order valence-electron chi connectivity index (χ1n) is 7.44. The summed E-state index contributed by atoms with van der Waals surface area (Å²) in [5.41, 5.74) is 0.705. The Hall–Kier alpha value is -1.35. The van der Waals surface area contributed by atoms with Gasteiger partial charge in [0.1, 0.15) is 5.92 Å². The molecule has 1 atom stereocenters. The number of aliphatic carboxylic acids is 1. The van der Waals surface area contributed by atoms with Crippen LogP contribution in [-0.4, -0.2) is 21.8 Å². The maximum atomic E-state index is 11.4. The SMILES string of the molecule is CC(C)(O)[C@H](C(=O)O)c1ccc(C2CCCCC2)cc1. The van der Waals surface area contributed by atoms with Gasteiger partial charge in [0.2, 0.25) is 0 Å². The molecule has 2 N–H and O–H groups in total. The average molecular weight is 276 g/mol. The first-order valence-corrected chi connectivity index (χ1v) is 7.44. The van der Waals surface area contributed by atoms with Crippen LogP contribution in [0, 0.1) is 0 Å². The van der Waals surface area contributed by atoms with Gasteiger partial charge in [-0.15, -0.1) is 0 Å². The largest absolute Gasteiger partial charge is 0.481 e. The Morgan fingerprint density at radius 3 is 2.15 bits per heavy atom. The lowest BCUT2D eigenvalue weighted by molar-refractivity contribution is -0.144. The molecule has 0 aromatic heterocycles.